The Morgan fingerprint density at radius 1 is 0.750 bits per heavy atom. The first-order valence-corrected chi connectivity index (χ1v) is 9.82. The fourth-order valence-electron chi connectivity index (χ4n) is 2.74. The molecule has 0 aromatic rings. The van der Waals surface area contributed by atoms with Gasteiger partial charge in [0, 0.05) is 6.42 Å². The van der Waals surface area contributed by atoms with Crippen molar-refractivity contribution < 1.29 is 20.1 Å². The molecule has 4 heteroatoms. The molecule has 0 aliphatic heterocycles. The third-order valence-corrected chi connectivity index (χ3v) is 4.30. The van der Waals surface area contributed by atoms with E-state index in [-0.39, 0.29) is 6.42 Å². The van der Waals surface area contributed by atoms with Crippen molar-refractivity contribution in [2.75, 3.05) is 0 Å². The first kappa shape index (κ1) is 23.1. The van der Waals surface area contributed by atoms with Crippen molar-refractivity contribution in [1.82, 2.24) is 0 Å². The second-order valence-corrected chi connectivity index (χ2v) is 6.78. The Morgan fingerprint density at radius 2 is 1.17 bits per heavy atom. The zero-order valence-electron chi connectivity index (χ0n) is 15.5. The Hall–Kier alpha value is -0.870. The third kappa shape index (κ3) is 17.5. The highest BCUT2D eigenvalue weighted by molar-refractivity contribution is 5.66. The van der Waals surface area contributed by atoms with Gasteiger partial charge in [-0.15, -0.1) is 0 Å². The van der Waals surface area contributed by atoms with Crippen molar-refractivity contribution in [3.05, 3.63) is 12.2 Å². The normalized spacial score (nSPS) is 14.1. The molecule has 0 saturated heterocycles. The predicted octanol–water partition coefficient (Wildman–Crippen LogP) is 4.83. The van der Waals surface area contributed by atoms with Crippen molar-refractivity contribution in [3.8, 4) is 0 Å². The molecule has 142 valence electrons. The quantitative estimate of drug-likeness (QED) is 0.261. The van der Waals surface area contributed by atoms with Crippen LogP contribution in [0, 0.1) is 0 Å². The van der Waals surface area contributed by atoms with Crippen LogP contribution in [-0.2, 0) is 4.79 Å². The molecule has 4 nitrogen and oxygen atoms in total. The predicted molar refractivity (Wildman–Crippen MR) is 99.1 cm³/mol. The lowest BCUT2D eigenvalue weighted by Crippen LogP contribution is -2.07. The number of aliphatic hydroxyl groups is 2. The van der Waals surface area contributed by atoms with Crippen LogP contribution in [0.4, 0.5) is 0 Å². The van der Waals surface area contributed by atoms with Gasteiger partial charge in [-0.1, -0.05) is 83.3 Å². The van der Waals surface area contributed by atoms with Crippen LogP contribution in [0.2, 0.25) is 0 Å². The molecule has 2 atom stereocenters. The number of carboxylic acid groups (broad SMARTS) is 1. The molecule has 0 spiro atoms. The molecule has 0 heterocycles. The second kappa shape index (κ2) is 17.0. The highest BCUT2D eigenvalue weighted by Gasteiger charge is 2.03. The highest BCUT2D eigenvalue weighted by atomic mass is 16.4. The number of unbranched alkanes of at least 4 members (excludes halogenated alkanes) is 9. The van der Waals surface area contributed by atoms with Crippen molar-refractivity contribution in [1.29, 1.82) is 0 Å². The van der Waals surface area contributed by atoms with Crippen LogP contribution in [-0.4, -0.2) is 33.5 Å². The lowest BCUT2D eigenvalue weighted by atomic mass is 10.0. The molecule has 0 radical (unpaired) electrons. The summed E-state index contributed by atoms with van der Waals surface area (Å²) in [6.45, 7) is 2.23. The Morgan fingerprint density at radius 3 is 1.62 bits per heavy atom. The van der Waals surface area contributed by atoms with E-state index in [0.717, 1.165) is 25.7 Å². The largest absolute Gasteiger partial charge is 0.481 e. The van der Waals surface area contributed by atoms with Crippen LogP contribution in [0.5, 0.6) is 0 Å². The molecule has 0 saturated carbocycles. The molecule has 0 aliphatic carbocycles. The number of aliphatic carboxylic acids is 1. The van der Waals surface area contributed by atoms with E-state index in [1.165, 1.54) is 44.9 Å². The van der Waals surface area contributed by atoms with Crippen molar-refractivity contribution in [2.24, 2.45) is 0 Å². The minimum absolute atomic E-state index is 0.198. The van der Waals surface area contributed by atoms with Gasteiger partial charge in [0.2, 0.25) is 0 Å². The van der Waals surface area contributed by atoms with Crippen molar-refractivity contribution in [2.45, 2.75) is 109 Å². The van der Waals surface area contributed by atoms with Gasteiger partial charge in [-0.05, 0) is 19.3 Å². The molecule has 0 aromatic heterocycles. The second-order valence-electron chi connectivity index (χ2n) is 6.78. The summed E-state index contributed by atoms with van der Waals surface area (Å²) in [4.78, 5) is 10.4. The van der Waals surface area contributed by atoms with Gasteiger partial charge < -0.3 is 15.3 Å². The fraction of sp³-hybridized carbons (Fsp3) is 0.850. The topological polar surface area (TPSA) is 77.8 Å². The third-order valence-electron chi connectivity index (χ3n) is 4.30. The van der Waals surface area contributed by atoms with Gasteiger partial charge in [0.05, 0.1) is 12.2 Å². The van der Waals surface area contributed by atoms with E-state index in [1.54, 1.807) is 12.2 Å². The van der Waals surface area contributed by atoms with Crippen LogP contribution in [0.25, 0.3) is 0 Å². The first-order valence-electron chi connectivity index (χ1n) is 9.82. The van der Waals surface area contributed by atoms with Gasteiger partial charge in [0.15, 0.2) is 0 Å². The first-order chi connectivity index (χ1) is 11.6. The van der Waals surface area contributed by atoms with E-state index in [0.29, 0.717) is 12.8 Å². The summed E-state index contributed by atoms with van der Waals surface area (Å²) < 4.78 is 0. The molecular formula is C20H38O4. The maximum absolute atomic E-state index is 10.4. The minimum atomic E-state index is -0.764. The van der Waals surface area contributed by atoms with Crippen LogP contribution in [0.15, 0.2) is 12.2 Å². The highest BCUT2D eigenvalue weighted by Crippen LogP contribution is 2.12. The summed E-state index contributed by atoms with van der Waals surface area (Å²) in [5.74, 6) is -0.764. The number of rotatable bonds is 17. The summed E-state index contributed by atoms with van der Waals surface area (Å²) in [5, 5.41) is 28.2. The number of hydrogen-bond donors (Lipinski definition) is 3. The van der Waals surface area contributed by atoms with E-state index < -0.39 is 18.2 Å². The number of carboxylic acids is 1. The van der Waals surface area contributed by atoms with E-state index in [2.05, 4.69) is 6.92 Å². The number of hydrogen-bond acceptors (Lipinski definition) is 3. The molecule has 0 rings (SSSR count). The van der Waals surface area contributed by atoms with E-state index in [9.17, 15) is 15.0 Å². The zero-order valence-corrected chi connectivity index (χ0v) is 15.5. The zero-order chi connectivity index (χ0) is 18.0. The van der Waals surface area contributed by atoms with Gasteiger partial charge >= 0.3 is 5.97 Å². The van der Waals surface area contributed by atoms with Crippen LogP contribution in [0.3, 0.4) is 0 Å². The standard InChI is InChI=1S/C20H38O4/c1-2-3-4-5-6-7-8-10-13-18(21)16-17-19(22)14-11-9-12-15-20(23)24/h16-19,21-22H,2-15H2,1H3,(H,23,24)/b17-16+/t18-,19-/m0/s1. The van der Waals surface area contributed by atoms with Crippen molar-refractivity contribution in [3.63, 3.8) is 0 Å². The van der Waals surface area contributed by atoms with Crippen LogP contribution in [0.1, 0.15) is 96.8 Å². The lowest BCUT2D eigenvalue weighted by Gasteiger charge is -2.08. The summed E-state index contributed by atoms with van der Waals surface area (Å²) in [5.41, 5.74) is 0. The van der Waals surface area contributed by atoms with Crippen molar-refractivity contribution >= 4 is 5.97 Å². The van der Waals surface area contributed by atoms with Crippen LogP contribution < -0.4 is 0 Å². The molecule has 0 amide bonds. The maximum Gasteiger partial charge on any atom is 0.303 e. The lowest BCUT2D eigenvalue weighted by molar-refractivity contribution is -0.137. The van der Waals surface area contributed by atoms with Gasteiger partial charge in [-0.3, -0.25) is 4.79 Å². The monoisotopic (exact) mass is 342 g/mol. The Kier molecular flexibility index (Phi) is 16.4. The SMILES string of the molecule is CCCCCCCCCC[C@H](O)/C=C/[C@@H](O)CCCCCC(=O)O. The number of aliphatic hydroxyl groups excluding tert-OH is 2. The molecular weight excluding hydrogens is 304 g/mol. The molecule has 24 heavy (non-hydrogen) atoms. The van der Waals surface area contributed by atoms with E-state index >= 15 is 0 Å². The van der Waals surface area contributed by atoms with Gasteiger partial charge in [0.1, 0.15) is 0 Å². The average Bonchev–Trinajstić information content (AvgIpc) is 2.54. The summed E-state index contributed by atoms with van der Waals surface area (Å²) in [7, 11) is 0. The van der Waals surface area contributed by atoms with Gasteiger partial charge in [-0.2, -0.15) is 0 Å². The molecule has 0 unspecified atom stereocenters. The Labute approximate surface area is 148 Å². The molecule has 0 bridgehead atoms. The summed E-state index contributed by atoms with van der Waals surface area (Å²) >= 11 is 0. The van der Waals surface area contributed by atoms with E-state index in [1.807, 2.05) is 0 Å². The Bertz CT molecular complexity index is 315. The summed E-state index contributed by atoms with van der Waals surface area (Å²) in [6.07, 6.45) is 16.3. The average molecular weight is 343 g/mol. The van der Waals surface area contributed by atoms with Gasteiger partial charge in [-0.25, -0.2) is 0 Å². The fourth-order valence-corrected chi connectivity index (χ4v) is 2.74. The van der Waals surface area contributed by atoms with E-state index in [4.69, 9.17) is 5.11 Å². The summed E-state index contributed by atoms with van der Waals surface area (Å²) in [6, 6.07) is 0. The van der Waals surface area contributed by atoms with Gasteiger partial charge in [0.25, 0.3) is 0 Å². The maximum atomic E-state index is 10.4. The Balaban J connectivity index is 3.48. The smallest absolute Gasteiger partial charge is 0.303 e. The minimum Gasteiger partial charge on any atom is -0.481 e. The molecule has 3 N–H and O–H groups in total. The molecule has 0 aliphatic rings. The van der Waals surface area contributed by atoms with Crippen LogP contribution >= 0.6 is 0 Å². The molecule has 0 aromatic carbocycles. The molecule has 0 fully saturated rings. The number of carbonyl (C=O) groups is 1.